The Hall–Kier alpha value is -0.150. The average molecular weight is 174 g/mol. The van der Waals surface area contributed by atoms with Gasteiger partial charge >= 0.3 is 0 Å². The van der Waals surface area contributed by atoms with Crippen LogP contribution in [0.25, 0.3) is 0 Å². The fourth-order valence-corrected chi connectivity index (χ4v) is 1.80. The van der Waals surface area contributed by atoms with Gasteiger partial charge in [0.15, 0.2) is 0 Å². The Balaban J connectivity index is 1.98. The molecule has 0 aliphatic heterocycles. The van der Waals surface area contributed by atoms with Crippen molar-refractivity contribution in [2.24, 2.45) is 11.7 Å². The second kappa shape index (κ2) is 4.77. The van der Waals surface area contributed by atoms with Crippen LogP contribution in [0.3, 0.4) is 0 Å². The summed E-state index contributed by atoms with van der Waals surface area (Å²) in [7, 11) is 2.06. The standard InChI is InChI=1S/C9H19FN2/c1-12(4-2-3-10)7-8-5-9(11)6-8/h8-9H,2-7,11H2,1H3. The third-order valence-electron chi connectivity index (χ3n) is 2.52. The number of alkyl halides is 1. The summed E-state index contributed by atoms with van der Waals surface area (Å²) in [5.41, 5.74) is 5.67. The Kier molecular flexibility index (Phi) is 3.95. The van der Waals surface area contributed by atoms with E-state index in [9.17, 15) is 4.39 Å². The first-order chi connectivity index (χ1) is 5.72. The Morgan fingerprint density at radius 3 is 2.67 bits per heavy atom. The SMILES string of the molecule is CN(CCCF)CC1CC(N)C1. The van der Waals surface area contributed by atoms with Crippen LogP contribution >= 0.6 is 0 Å². The van der Waals surface area contributed by atoms with E-state index in [0.29, 0.717) is 12.5 Å². The molecule has 2 nitrogen and oxygen atoms in total. The summed E-state index contributed by atoms with van der Waals surface area (Å²) in [6.07, 6.45) is 2.97. The van der Waals surface area contributed by atoms with E-state index in [1.165, 1.54) is 0 Å². The predicted molar refractivity (Wildman–Crippen MR) is 48.8 cm³/mol. The average Bonchev–Trinajstić information content (AvgIpc) is 1.98. The minimum Gasteiger partial charge on any atom is -0.328 e. The smallest absolute Gasteiger partial charge is 0.0906 e. The quantitative estimate of drug-likeness (QED) is 0.674. The molecule has 0 radical (unpaired) electrons. The molecule has 0 bridgehead atoms. The summed E-state index contributed by atoms with van der Waals surface area (Å²) < 4.78 is 11.8. The molecule has 0 aromatic heterocycles. The summed E-state index contributed by atoms with van der Waals surface area (Å²) in [6, 6.07) is 0.435. The lowest BCUT2D eigenvalue weighted by Gasteiger charge is -2.35. The van der Waals surface area contributed by atoms with E-state index < -0.39 is 0 Å². The zero-order chi connectivity index (χ0) is 8.97. The van der Waals surface area contributed by atoms with Crippen LogP contribution in [-0.4, -0.2) is 37.8 Å². The second-order valence-electron chi connectivity index (χ2n) is 3.90. The normalized spacial score (nSPS) is 29.0. The first-order valence-electron chi connectivity index (χ1n) is 4.72. The molecule has 0 atom stereocenters. The van der Waals surface area contributed by atoms with E-state index in [4.69, 9.17) is 5.73 Å². The molecular weight excluding hydrogens is 155 g/mol. The molecule has 1 fully saturated rings. The van der Waals surface area contributed by atoms with Gasteiger partial charge in [-0.05, 0) is 32.2 Å². The lowest BCUT2D eigenvalue weighted by molar-refractivity contribution is 0.179. The number of halogens is 1. The van der Waals surface area contributed by atoms with Crippen molar-refractivity contribution in [1.82, 2.24) is 4.90 Å². The van der Waals surface area contributed by atoms with Crippen LogP contribution in [0.1, 0.15) is 19.3 Å². The molecule has 0 aromatic rings. The van der Waals surface area contributed by atoms with Crippen molar-refractivity contribution in [3.63, 3.8) is 0 Å². The Bertz CT molecular complexity index is 124. The highest BCUT2D eigenvalue weighted by Crippen LogP contribution is 2.25. The van der Waals surface area contributed by atoms with Gasteiger partial charge in [0, 0.05) is 19.1 Å². The molecule has 0 aromatic carbocycles. The minimum atomic E-state index is -0.200. The fourth-order valence-electron chi connectivity index (χ4n) is 1.80. The molecule has 1 saturated carbocycles. The van der Waals surface area contributed by atoms with Gasteiger partial charge in [0.1, 0.15) is 0 Å². The first kappa shape index (κ1) is 9.93. The topological polar surface area (TPSA) is 29.3 Å². The summed E-state index contributed by atoms with van der Waals surface area (Å²) in [6.45, 7) is 1.77. The molecule has 0 unspecified atom stereocenters. The monoisotopic (exact) mass is 174 g/mol. The molecular formula is C9H19FN2. The number of hydrogen-bond donors (Lipinski definition) is 1. The molecule has 0 heterocycles. The summed E-state index contributed by atoms with van der Waals surface area (Å²) >= 11 is 0. The maximum Gasteiger partial charge on any atom is 0.0906 e. The van der Waals surface area contributed by atoms with E-state index in [0.717, 1.165) is 31.8 Å². The molecule has 0 saturated heterocycles. The zero-order valence-electron chi connectivity index (χ0n) is 7.80. The maximum absolute atomic E-state index is 11.8. The van der Waals surface area contributed by atoms with Crippen LogP contribution in [-0.2, 0) is 0 Å². The van der Waals surface area contributed by atoms with Crippen LogP contribution in [0.15, 0.2) is 0 Å². The lowest BCUT2D eigenvalue weighted by atomic mass is 9.80. The highest BCUT2D eigenvalue weighted by atomic mass is 19.1. The van der Waals surface area contributed by atoms with Crippen molar-refractivity contribution in [3.8, 4) is 0 Å². The number of nitrogens with two attached hydrogens (primary N) is 1. The lowest BCUT2D eigenvalue weighted by Crippen LogP contribution is -2.42. The highest BCUT2D eigenvalue weighted by molar-refractivity contribution is 4.83. The van der Waals surface area contributed by atoms with Gasteiger partial charge in [-0.3, -0.25) is 4.39 Å². The van der Waals surface area contributed by atoms with Crippen LogP contribution in [0.5, 0.6) is 0 Å². The molecule has 3 heteroatoms. The van der Waals surface area contributed by atoms with E-state index >= 15 is 0 Å². The number of hydrogen-bond acceptors (Lipinski definition) is 2. The molecule has 1 rings (SSSR count). The molecule has 12 heavy (non-hydrogen) atoms. The van der Waals surface area contributed by atoms with Gasteiger partial charge in [-0.15, -0.1) is 0 Å². The third-order valence-corrected chi connectivity index (χ3v) is 2.52. The van der Waals surface area contributed by atoms with Crippen molar-refractivity contribution in [1.29, 1.82) is 0 Å². The van der Waals surface area contributed by atoms with Crippen LogP contribution < -0.4 is 5.73 Å². The second-order valence-corrected chi connectivity index (χ2v) is 3.90. The Labute approximate surface area is 73.9 Å². The van der Waals surface area contributed by atoms with Gasteiger partial charge in [-0.1, -0.05) is 0 Å². The fraction of sp³-hybridized carbons (Fsp3) is 1.00. The van der Waals surface area contributed by atoms with Gasteiger partial charge in [0.25, 0.3) is 0 Å². The molecule has 2 N–H and O–H groups in total. The van der Waals surface area contributed by atoms with Crippen molar-refractivity contribution < 1.29 is 4.39 Å². The summed E-state index contributed by atoms with van der Waals surface area (Å²) in [4.78, 5) is 2.20. The van der Waals surface area contributed by atoms with E-state index in [-0.39, 0.29) is 6.67 Å². The maximum atomic E-state index is 11.8. The van der Waals surface area contributed by atoms with Gasteiger partial charge in [-0.2, -0.15) is 0 Å². The Morgan fingerprint density at radius 1 is 1.50 bits per heavy atom. The van der Waals surface area contributed by atoms with E-state index in [1.807, 2.05) is 0 Å². The van der Waals surface area contributed by atoms with Gasteiger partial charge in [0.05, 0.1) is 6.67 Å². The van der Waals surface area contributed by atoms with Crippen molar-refractivity contribution >= 4 is 0 Å². The molecule has 1 aliphatic rings. The number of nitrogens with zero attached hydrogens (tertiary/aromatic N) is 1. The van der Waals surface area contributed by atoms with Gasteiger partial charge < -0.3 is 10.6 Å². The number of rotatable bonds is 5. The molecule has 1 aliphatic carbocycles. The molecule has 72 valence electrons. The largest absolute Gasteiger partial charge is 0.328 e. The van der Waals surface area contributed by atoms with Crippen molar-refractivity contribution in [3.05, 3.63) is 0 Å². The van der Waals surface area contributed by atoms with Gasteiger partial charge in [-0.25, -0.2) is 0 Å². The van der Waals surface area contributed by atoms with Gasteiger partial charge in [0.2, 0.25) is 0 Å². The molecule has 0 spiro atoms. The summed E-state index contributed by atoms with van der Waals surface area (Å²) in [5, 5.41) is 0. The van der Waals surface area contributed by atoms with Crippen LogP contribution in [0.2, 0.25) is 0 Å². The third kappa shape index (κ3) is 3.07. The zero-order valence-corrected chi connectivity index (χ0v) is 7.80. The minimum absolute atomic E-state index is 0.200. The Morgan fingerprint density at radius 2 is 2.17 bits per heavy atom. The summed E-state index contributed by atoms with van der Waals surface area (Å²) in [5.74, 6) is 0.768. The molecule has 0 amide bonds. The first-order valence-corrected chi connectivity index (χ1v) is 4.72. The highest BCUT2D eigenvalue weighted by Gasteiger charge is 2.26. The van der Waals surface area contributed by atoms with E-state index in [2.05, 4.69) is 11.9 Å². The van der Waals surface area contributed by atoms with E-state index in [1.54, 1.807) is 0 Å². The van der Waals surface area contributed by atoms with Crippen LogP contribution in [0, 0.1) is 5.92 Å². The van der Waals surface area contributed by atoms with Crippen LogP contribution in [0.4, 0.5) is 4.39 Å². The van der Waals surface area contributed by atoms with Crippen molar-refractivity contribution in [2.75, 3.05) is 26.8 Å². The van der Waals surface area contributed by atoms with Crippen molar-refractivity contribution in [2.45, 2.75) is 25.3 Å². The predicted octanol–water partition coefficient (Wildman–Crippen LogP) is 1.02.